The van der Waals surface area contributed by atoms with Crippen LogP contribution in [-0.2, 0) is 35.1 Å². The van der Waals surface area contributed by atoms with Gasteiger partial charge < -0.3 is 14.6 Å². The minimum absolute atomic E-state index is 0.0102. The van der Waals surface area contributed by atoms with Crippen LogP contribution in [0.25, 0.3) is 0 Å². The normalized spacial score (nSPS) is 21.5. The van der Waals surface area contributed by atoms with Crippen LogP contribution in [0.5, 0.6) is 0 Å². The molecule has 2 aromatic rings. The number of aliphatic carboxylic acids is 1. The third-order valence-corrected chi connectivity index (χ3v) is 6.36. The fourth-order valence-corrected chi connectivity index (χ4v) is 4.65. The van der Waals surface area contributed by atoms with E-state index in [0.29, 0.717) is 18.7 Å². The highest BCUT2D eigenvalue weighted by molar-refractivity contribution is 6.29. The van der Waals surface area contributed by atoms with Crippen LogP contribution in [0.1, 0.15) is 32.3 Å². The number of benzene rings is 2. The standard InChI is InChI=1S/C26H30N2O7/c1-3-34-25(33)26(35-24(32)23(30)31)15-18-28(19-16-26,17-14-21-10-6-4-7-11-21)27(20(2)29)22-12-8-5-9-13-22/h4-13H,3,14-19H2,1-2H3/p+1. The number of ether oxygens (including phenoxy) is 2. The molecule has 1 saturated heterocycles. The fourth-order valence-electron chi connectivity index (χ4n) is 4.65. The molecule has 186 valence electrons. The van der Waals surface area contributed by atoms with Gasteiger partial charge in [-0.15, -0.1) is 0 Å². The van der Waals surface area contributed by atoms with Crippen molar-refractivity contribution in [2.75, 3.05) is 31.3 Å². The van der Waals surface area contributed by atoms with Gasteiger partial charge in [-0.1, -0.05) is 48.5 Å². The van der Waals surface area contributed by atoms with E-state index in [2.05, 4.69) is 0 Å². The Morgan fingerprint density at radius 3 is 2.06 bits per heavy atom. The highest BCUT2D eigenvalue weighted by Crippen LogP contribution is 2.36. The molecular formula is C26H31N2O7+. The van der Waals surface area contributed by atoms with Crippen LogP contribution in [-0.4, -0.2) is 65.4 Å². The van der Waals surface area contributed by atoms with E-state index in [4.69, 9.17) is 14.6 Å². The number of rotatable bonds is 8. The first-order chi connectivity index (χ1) is 16.7. The van der Waals surface area contributed by atoms with Gasteiger partial charge >= 0.3 is 17.9 Å². The second-order valence-electron chi connectivity index (χ2n) is 8.58. The van der Waals surface area contributed by atoms with E-state index in [-0.39, 0.29) is 43.0 Å². The molecule has 1 aliphatic heterocycles. The maximum Gasteiger partial charge on any atom is 0.418 e. The third-order valence-electron chi connectivity index (χ3n) is 6.36. The summed E-state index contributed by atoms with van der Waals surface area (Å²) >= 11 is 0. The Bertz CT molecular complexity index is 1050. The Balaban J connectivity index is 1.98. The third kappa shape index (κ3) is 5.86. The van der Waals surface area contributed by atoms with Crippen LogP contribution in [0.4, 0.5) is 5.69 Å². The summed E-state index contributed by atoms with van der Waals surface area (Å²) < 4.78 is 10.6. The number of hydrogen-bond acceptors (Lipinski definition) is 6. The molecule has 0 spiro atoms. The molecule has 1 N–H and O–H groups in total. The number of likely N-dealkylation sites (tertiary alicyclic amines) is 1. The van der Waals surface area contributed by atoms with Crippen LogP contribution >= 0.6 is 0 Å². The number of para-hydroxylation sites is 1. The zero-order valence-corrected chi connectivity index (χ0v) is 20.0. The van der Waals surface area contributed by atoms with Crippen molar-refractivity contribution in [3.05, 3.63) is 66.2 Å². The molecule has 1 aliphatic rings. The van der Waals surface area contributed by atoms with E-state index in [9.17, 15) is 19.2 Å². The first-order valence-electron chi connectivity index (χ1n) is 11.6. The molecule has 0 radical (unpaired) electrons. The summed E-state index contributed by atoms with van der Waals surface area (Å²) in [4.78, 5) is 49.0. The van der Waals surface area contributed by atoms with E-state index >= 15 is 0 Å². The van der Waals surface area contributed by atoms with Gasteiger partial charge in [0.05, 0.1) is 25.1 Å². The number of carboxylic acids is 1. The van der Waals surface area contributed by atoms with E-state index in [1.165, 1.54) is 6.92 Å². The largest absolute Gasteiger partial charge is 0.473 e. The monoisotopic (exact) mass is 483 g/mol. The Kier molecular flexibility index (Phi) is 8.24. The van der Waals surface area contributed by atoms with E-state index < -0.39 is 23.5 Å². The predicted octanol–water partition coefficient (Wildman–Crippen LogP) is 2.74. The number of quaternary nitrogens is 1. The number of hydrogen-bond donors (Lipinski definition) is 1. The van der Waals surface area contributed by atoms with Crippen molar-refractivity contribution in [1.29, 1.82) is 0 Å². The van der Waals surface area contributed by atoms with Gasteiger partial charge in [-0.2, -0.15) is 5.01 Å². The molecule has 3 rings (SSSR count). The molecule has 0 atom stereocenters. The second-order valence-corrected chi connectivity index (χ2v) is 8.58. The van der Waals surface area contributed by atoms with E-state index in [1.807, 2.05) is 60.7 Å². The lowest BCUT2D eigenvalue weighted by Gasteiger charge is -2.50. The summed E-state index contributed by atoms with van der Waals surface area (Å²) in [6, 6.07) is 19.1. The van der Waals surface area contributed by atoms with Crippen LogP contribution < -0.4 is 5.01 Å². The number of nitrogens with zero attached hydrogens (tertiary/aromatic N) is 2. The van der Waals surface area contributed by atoms with Gasteiger partial charge in [0.2, 0.25) is 5.60 Å². The van der Waals surface area contributed by atoms with Crippen molar-refractivity contribution in [2.45, 2.75) is 38.7 Å². The molecular weight excluding hydrogens is 452 g/mol. The molecule has 9 heteroatoms. The number of anilines is 1. The minimum atomic E-state index is -1.78. The van der Waals surface area contributed by atoms with Gasteiger partial charge in [0.1, 0.15) is 19.6 Å². The summed E-state index contributed by atoms with van der Waals surface area (Å²) in [5.41, 5.74) is 0.0828. The molecule has 0 bridgehead atoms. The van der Waals surface area contributed by atoms with E-state index in [1.54, 1.807) is 11.9 Å². The van der Waals surface area contributed by atoms with Crippen LogP contribution in [0, 0.1) is 0 Å². The molecule has 1 amide bonds. The van der Waals surface area contributed by atoms with Crippen LogP contribution in [0.3, 0.4) is 0 Å². The number of carbonyl (C=O) groups excluding carboxylic acids is 3. The number of piperidine rings is 1. The number of amides is 1. The molecule has 1 heterocycles. The lowest BCUT2D eigenvalue weighted by molar-refractivity contribution is -0.935. The smallest absolute Gasteiger partial charge is 0.418 e. The second kappa shape index (κ2) is 11.1. The molecule has 0 aromatic heterocycles. The first kappa shape index (κ1) is 25.9. The van der Waals surface area contributed by atoms with Gasteiger partial charge in [-0.25, -0.2) is 19.0 Å². The predicted molar refractivity (Wildman–Crippen MR) is 127 cm³/mol. The average Bonchev–Trinajstić information content (AvgIpc) is 2.85. The highest BCUT2D eigenvalue weighted by Gasteiger charge is 2.55. The van der Waals surface area contributed by atoms with Crippen molar-refractivity contribution in [2.24, 2.45) is 0 Å². The molecule has 9 nitrogen and oxygen atoms in total. The molecule has 1 fully saturated rings. The summed E-state index contributed by atoms with van der Waals surface area (Å²) in [6.07, 6.45) is 0.686. The van der Waals surface area contributed by atoms with Gasteiger partial charge in [-0.05, 0) is 24.6 Å². The van der Waals surface area contributed by atoms with Crippen molar-refractivity contribution < 1.29 is 38.4 Å². The van der Waals surface area contributed by atoms with E-state index in [0.717, 1.165) is 5.56 Å². The van der Waals surface area contributed by atoms with Gasteiger partial charge in [0.15, 0.2) is 0 Å². The summed E-state index contributed by atoms with van der Waals surface area (Å²) in [5.74, 6) is -4.23. The Morgan fingerprint density at radius 2 is 1.54 bits per heavy atom. The number of carboxylic acid groups (broad SMARTS) is 1. The molecule has 0 saturated carbocycles. The Labute approximate surface area is 204 Å². The van der Waals surface area contributed by atoms with Gasteiger partial charge in [0, 0.05) is 13.3 Å². The Hall–Kier alpha value is -3.72. The van der Waals surface area contributed by atoms with Crippen molar-refractivity contribution in [1.82, 2.24) is 0 Å². The van der Waals surface area contributed by atoms with Crippen LogP contribution in [0.15, 0.2) is 60.7 Å². The molecule has 2 aromatic carbocycles. The first-order valence-corrected chi connectivity index (χ1v) is 11.6. The number of esters is 2. The molecule has 35 heavy (non-hydrogen) atoms. The Morgan fingerprint density at radius 1 is 0.971 bits per heavy atom. The SMILES string of the molecule is CCOC(=O)C1(OC(=O)C(=O)O)CC[N+](CCc2ccccc2)(N(C(C)=O)c2ccccc2)CC1. The molecule has 0 aliphatic carbocycles. The quantitative estimate of drug-likeness (QED) is 0.349. The summed E-state index contributed by atoms with van der Waals surface area (Å²) in [5, 5.41) is 10.8. The fraction of sp³-hybridized carbons (Fsp3) is 0.385. The summed E-state index contributed by atoms with van der Waals surface area (Å²) in [7, 11) is 0. The van der Waals surface area contributed by atoms with Crippen molar-refractivity contribution in [3.8, 4) is 0 Å². The van der Waals surface area contributed by atoms with Crippen LogP contribution in [0.2, 0.25) is 0 Å². The van der Waals surface area contributed by atoms with Crippen molar-refractivity contribution >= 4 is 29.5 Å². The minimum Gasteiger partial charge on any atom is -0.473 e. The zero-order chi connectivity index (χ0) is 25.5. The number of carbonyl (C=O) groups is 4. The average molecular weight is 484 g/mol. The van der Waals surface area contributed by atoms with Gasteiger partial charge in [0.25, 0.3) is 5.91 Å². The zero-order valence-electron chi connectivity index (χ0n) is 20.0. The lowest BCUT2D eigenvalue weighted by Crippen LogP contribution is -2.69. The summed E-state index contributed by atoms with van der Waals surface area (Å²) in [6.45, 7) is 4.24. The van der Waals surface area contributed by atoms with Gasteiger partial charge in [-0.3, -0.25) is 4.79 Å². The highest BCUT2D eigenvalue weighted by atomic mass is 16.6. The topological polar surface area (TPSA) is 110 Å². The van der Waals surface area contributed by atoms with Crippen molar-refractivity contribution in [3.63, 3.8) is 0 Å². The molecule has 0 unspecified atom stereocenters. The lowest BCUT2D eigenvalue weighted by atomic mass is 9.89. The maximum atomic E-state index is 13.0. The maximum absolute atomic E-state index is 13.0.